The summed E-state index contributed by atoms with van der Waals surface area (Å²) in [6.07, 6.45) is 15.7. The van der Waals surface area contributed by atoms with Crippen LogP contribution in [0, 0.1) is 5.82 Å². The van der Waals surface area contributed by atoms with Gasteiger partial charge in [0.1, 0.15) is 5.82 Å². The van der Waals surface area contributed by atoms with Crippen LogP contribution in [0.1, 0.15) is 132 Å². The van der Waals surface area contributed by atoms with Crippen LogP contribution < -0.4 is 31.6 Å². The van der Waals surface area contributed by atoms with E-state index in [1.807, 2.05) is 18.2 Å². The SMILES string of the molecule is CCCC[Si](CCCC)(CCCC)c1ccc(P(c2ccc([Si](CCCC)(CCCC)CCCC)cc2)N(C(C)C)P(c2ccccc2)c2ccccc2F)cc1. The quantitative estimate of drug-likeness (QED) is 0.0427. The number of rotatable bonds is 27. The molecule has 0 N–H and O–H groups in total. The van der Waals surface area contributed by atoms with Crippen molar-refractivity contribution < 1.29 is 4.39 Å². The van der Waals surface area contributed by atoms with Gasteiger partial charge < -0.3 is 0 Å². The van der Waals surface area contributed by atoms with E-state index in [2.05, 4.69) is 139 Å². The molecule has 1 nitrogen and oxygen atoms in total. The van der Waals surface area contributed by atoms with Gasteiger partial charge in [-0.25, -0.2) is 8.83 Å². The topological polar surface area (TPSA) is 3.24 Å². The average Bonchev–Trinajstić information content (AvgIpc) is 3.24. The number of hydrogen-bond donors (Lipinski definition) is 0. The lowest BCUT2D eigenvalue weighted by molar-refractivity contribution is 0.581. The van der Waals surface area contributed by atoms with Crippen molar-refractivity contribution in [2.24, 2.45) is 0 Å². The first-order valence-corrected chi connectivity index (χ1v) is 31.0. The van der Waals surface area contributed by atoms with Gasteiger partial charge >= 0.3 is 0 Å². The summed E-state index contributed by atoms with van der Waals surface area (Å²) >= 11 is 0. The van der Waals surface area contributed by atoms with Gasteiger partial charge in [0.15, 0.2) is 0 Å². The third-order valence-corrected chi connectivity index (χ3v) is 29.4. The lowest BCUT2D eigenvalue weighted by atomic mass is 10.3. The van der Waals surface area contributed by atoms with E-state index in [-0.39, 0.29) is 11.9 Å². The van der Waals surface area contributed by atoms with Crippen LogP contribution >= 0.6 is 16.1 Å². The van der Waals surface area contributed by atoms with Crippen LogP contribution in [0.3, 0.4) is 0 Å². The fourth-order valence-electron chi connectivity index (χ4n) is 9.12. The third-order valence-electron chi connectivity index (χ3n) is 12.5. The first-order valence-electron chi connectivity index (χ1n) is 23.1. The Labute approximate surface area is 354 Å². The van der Waals surface area contributed by atoms with Crippen molar-refractivity contribution in [3.05, 3.63) is 109 Å². The molecule has 0 aliphatic heterocycles. The highest BCUT2D eigenvalue weighted by molar-refractivity contribution is 7.84. The van der Waals surface area contributed by atoms with Crippen LogP contribution in [0.15, 0.2) is 103 Å². The molecule has 0 radical (unpaired) electrons. The molecule has 4 rings (SSSR count). The van der Waals surface area contributed by atoms with Crippen LogP contribution in [0.25, 0.3) is 0 Å². The highest BCUT2D eigenvalue weighted by Gasteiger charge is 2.38. The summed E-state index contributed by atoms with van der Waals surface area (Å²) in [7, 11) is -5.48. The molecule has 1 atom stereocenters. The molecule has 0 saturated heterocycles. The van der Waals surface area contributed by atoms with E-state index in [9.17, 15) is 0 Å². The maximum Gasteiger partial charge on any atom is 0.132 e. The van der Waals surface area contributed by atoms with Crippen molar-refractivity contribution in [3.63, 3.8) is 0 Å². The van der Waals surface area contributed by atoms with E-state index >= 15 is 4.39 Å². The molecule has 4 aromatic rings. The van der Waals surface area contributed by atoms with Crippen molar-refractivity contribution in [1.29, 1.82) is 0 Å². The first kappa shape index (κ1) is 47.7. The van der Waals surface area contributed by atoms with Crippen molar-refractivity contribution in [2.45, 2.75) is 175 Å². The van der Waals surface area contributed by atoms with E-state index in [4.69, 9.17) is 0 Å². The van der Waals surface area contributed by atoms with Crippen molar-refractivity contribution in [1.82, 2.24) is 4.44 Å². The number of hydrogen-bond acceptors (Lipinski definition) is 1. The van der Waals surface area contributed by atoms with Crippen LogP contribution in [0.2, 0.25) is 36.3 Å². The molecule has 0 aromatic heterocycles. The van der Waals surface area contributed by atoms with E-state index in [0.29, 0.717) is 0 Å². The van der Waals surface area contributed by atoms with Gasteiger partial charge in [-0.15, -0.1) is 0 Å². The summed E-state index contributed by atoms with van der Waals surface area (Å²) in [5, 5.41) is 8.16. The fraction of sp³-hybridized carbons (Fsp3) is 0.529. The normalized spacial score (nSPS) is 12.9. The Morgan fingerprint density at radius 1 is 0.439 bits per heavy atom. The van der Waals surface area contributed by atoms with Gasteiger partial charge in [0.25, 0.3) is 0 Å². The number of halogens is 1. The van der Waals surface area contributed by atoms with Crippen LogP contribution in [0.5, 0.6) is 0 Å². The minimum atomic E-state index is -1.66. The zero-order valence-electron chi connectivity index (χ0n) is 37.3. The lowest BCUT2D eigenvalue weighted by Gasteiger charge is -2.42. The van der Waals surface area contributed by atoms with Crippen LogP contribution in [0.4, 0.5) is 4.39 Å². The van der Waals surface area contributed by atoms with Gasteiger partial charge in [-0.1, -0.05) is 256 Å². The average molecular weight is 842 g/mol. The van der Waals surface area contributed by atoms with Crippen LogP contribution in [-0.2, 0) is 0 Å². The molecule has 312 valence electrons. The van der Waals surface area contributed by atoms with Gasteiger partial charge in [-0.3, -0.25) is 0 Å². The number of unbranched alkanes of at least 4 members (excludes halogenated alkanes) is 6. The molecule has 1 unspecified atom stereocenters. The smallest absolute Gasteiger partial charge is 0.132 e. The second-order valence-electron chi connectivity index (χ2n) is 17.1. The second kappa shape index (κ2) is 25.0. The van der Waals surface area contributed by atoms with Crippen molar-refractivity contribution in [2.75, 3.05) is 0 Å². The summed E-state index contributed by atoms with van der Waals surface area (Å²) in [6, 6.07) is 47.5. The Kier molecular flexibility index (Phi) is 20.9. The lowest BCUT2D eigenvalue weighted by Crippen LogP contribution is -2.48. The molecule has 0 amide bonds. The second-order valence-corrected chi connectivity index (χ2v) is 30.8. The Bertz CT molecular complexity index is 1560. The summed E-state index contributed by atoms with van der Waals surface area (Å²) in [4.78, 5) is 0. The predicted octanol–water partition coefficient (Wildman–Crippen LogP) is 14.0. The van der Waals surface area contributed by atoms with E-state index in [1.165, 1.54) is 129 Å². The molecule has 6 heteroatoms. The molecule has 0 aliphatic rings. The molecule has 0 aliphatic carbocycles. The van der Waals surface area contributed by atoms with Gasteiger partial charge in [-0.05, 0) is 41.9 Å². The predicted molar refractivity (Wildman–Crippen MR) is 264 cm³/mol. The van der Waals surface area contributed by atoms with Crippen molar-refractivity contribution in [3.8, 4) is 0 Å². The molecule has 4 aromatic carbocycles. The van der Waals surface area contributed by atoms with E-state index < -0.39 is 32.3 Å². The zero-order valence-corrected chi connectivity index (χ0v) is 41.1. The largest absolute Gasteiger partial charge is 0.242 e. The minimum Gasteiger partial charge on any atom is -0.242 e. The van der Waals surface area contributed by atoms with E-state index in [1.54, 1.807) is 16.4 Å². The van der Waals surface area contributed by atoms with Crippen LogP contribution in [-0.4, -0.2) is 26.6 Å². The molecule has 0 spiro atoms. The summed E-state index contributed by atoms with van der Waals surface area (Å²) in [5.74, 6) is -0.101. The fourth-order valence-corrected chi connectivity index (χ4v) is 26.5. The van der Waals surface area contributed by atoms with Crippen molar-refractivity contribution >= 4 is 63.9 Å². The molecular weight excluding hydrogens is 764 g/mol. The Balaban J connectivity index is 1.97. The van der Waals surface area contributed by atoms with Gasteiger partial charge in [0.05, 0.1) is 16.1 Å². The summed E-state index contributed by atoms with van der Waals surface area (Å²) < 4.78 is 18.9. The minimum absolute atomic E-state index is 0.101. The Morgan fingerprint density at radius 2 is 0.772 bits per heavy atom. The molecule has 0 heterocycles. The molecule has 0 saturated carbocycles. The van der Waals surface area contributed by atoms with Gasteiger partial charge in [0.2, 0.25) is 0 Å². The molecule has 57 heavy (non-hydrogen) atoms. The molecule has 0 fully saturated rings. The monoisotopic (exact) mass is 842 g/mol. The van der Waals surface area contributed by atoms with Gasteiger partial charge in [0, 0.05) is 27.5 Å². The number of benzene rings is 4. The highest BCUT2D eigenvalue weighted by atomic mass is 31.2. The first-order chi connectivity index (χ1) is 27.7. The standard InChI is InChI=1S/C51H78FNP2Si2/c1-9-15-38-56(39-16-10-2,40-17-11-3)48-34-30-46(31-35-48)54(47-32-36-49(37-33-47)57(41-18-12-4,42-19-13-5)43-20-14-6)53(44(7)8)55(45-26-22-21-23-27-45)51-29-25-24-28-50(51)52/h21-37,44H,9-20,38-43H2,1-8H3. The maximum atomic E-state index is 16.2. The Morgan fingerprint density at radius 3 is 1.11 bits per heavy atom. The number of nitrogens with zero attached hydrogens (tertiary/aromatic N) is 1. The molecule has 0 bridgehead atoms. The molecular formula is C51H78FNP2Si2. The summed E-state index contributed by atoms with van der Waals surface area (Å²) in [6.45, 7) is 18.9. The maximum absolute atomic E-state index is 16.2. The third kappa shape index (κ3) is 12.8. The highest BCUT2D eigenvalue weighted by Crippen LogP contribution is 2.56. The zero-order chi connectivity index (χ0) is 41.1. The summed E-state index contributed by atoms with van der Waals surface area (Å²) in [5.41, 5.74) is 0. The Hall–Kier alpha value is -1.94. The van der Waals surface area contributed by atoms with Gasteiger partial charge in [-0.2, -0.15) is 0 Å². The van der Waals surface area contributed by atoms with E-state index in [0.717, 1.165) is 5.30 Å².